The van der Waals surface area contributed by atoms with Gasteiger partial charge in [-0.3, -0.25) is 9.80 Å². The van der Waals surface area contributed by atoms with Crippen LogP contribution in [0.4, 0.5) is 21.4 Å². The Labute approximate surface area is 210 Å². The Bertz CT molecular complexity index is 1170. The zero-order valence-electron chi connectivity index (χ0n) is 21.0. The number of hydrogen-bond donors (Lipinski definition) is 1. The fourth-order valence-electron chi connectivity index (χ4n) is 3.74. The summed E-state index contributed by atoms with van der Waals surface area (Å²) < 4.78 is 11.0. The Morgan fingerprint density at radius 1 is 1.23 bits per heavy atom. The van der Waals surface area contributed by atoms with Crippen molar-refractivity contribution in [3.63, 3.8) is 0 Å². The van der Waals surface area contributed by atoms with Gasteiger partial charge in [-0.15, -0.1) is 11.3 Å². The van der Waals surface area contributed by atoms with E-state index < -0.39 is 11.7 Å². The number of aryl methyl sites for hydroxylation is 1. The number of amides is 1. The zero-order valence-corrected chi connectivity index (χ0v) is 21.8. The number of hydrogen-bond acceptors (Lipinski definition) is 8. The summed E-state index contributed by atoms with van der Waals surface area (Å²) in [7, 11) is 1.72. The molecule has 0 saturated carbocycles. The standard InChI is InChI=1S/C26H33N5O3S/c1-18-16-27-24(35-18)29-23-14-19(17-31-9-11-33-12-10-31)13-22(28-23)20-7-6-8-21(15-20)30(5)25(32)34-26(2,3)4/h6-8,13-16H,9-12,17H2,1-5H3,(H,27,28,29). The van der Waals surface area contributed by atoms with Crippen LogP contribution in [-0.2, 0) is 16.0 Å². The van der Waals surface area contributed by atoms with E-state index in [9.17, 15) is 4.79 Å². The van der Waals surface area contributed by atoms with E-state index in [-0.39, 0.29) is 0 Å². The summed E-state index contributed by atoms with van der Waals surface area (Å²) in [6.45, 7) is 11.7. The van der Waals surface area contributed by atoms with Crippen molar-refractivity contribution >= 4 is 34.1 Å². The van der Waals surface area contributed by atoms with Crippen molar-refractivity contribution in [2.24, 2.45) is 0 Å². The van der Waals surface area contributed by atoms with Crippen molar-refractivity contribution in [1.82, 2.24) is 14.9 Å². The maximum absolute atomic E-state index is 12.6. The molecule has 1 saturated heterocycles. The molecule has 1 aliphatic rings. The van der Waals surface area contributed by atoms with Gasteiger partial charge in [0.2, 0.25) is 0 Å². The molecule has 4 rings (SSSR count). The largest absolute Gasteiger partial charge is 0.443 e. The molecule has 3 aromatic rings. The Morgan fingerprint density at radius 2 is 2.00 bits per heavy atom. The molecule has 1 amide bonds. The van der Waals surface area contributed by atoms with E-state index >= 15 is 0 Å². The predicted molar refractivity (Wildman–Crippen MR) is 141 cm³/mol. The average Bonchev–Trinajstić information content (AvgIpc) is 3.22. The first-order chi connectivity index (χ1) is 16.7. The third kappa shape index (κ3) is 7.00. The van der Waals surface area contributed by atoms with E-state index in [4.69, 9.17) is 14.5 Å². The summed E-state index contributed by atoms with van der Waals surface area (Å²) in [6, 6.07) is 12.0. The highest BCUT2D eigenvalue weighted by atomic mass is 32.1. The third-order valence-electron chi connectivity index (χ3n) is 5.45. The van der Waals surface area contributed by atoms with Crippen molar-refractivity contribution in [1.29, 1.82) is 0 Å². The van der Waals surface area contributed by atoms with E-state index in [1.54, 1.807) is 18.4 Å². The number of benzene rings is 1. The summed E-state index contributed by atoms with van der Waals surface area (Å²) >= 11 is 1.59. The van der Waals surface area contributed by atoms with Crippen molar-refractivity contribution in [2.75, 3.05) is 43.6 Å². The van der Waals surface area contributed by atoms with Gasteiger partial charge in [-0.1, -0.05) is 12.1 Å². The van der Waals surface area contributed by atoms with Gasteiger partial charge in [-0.05, 0) is 57.5 Å². The van der Waals surface area contributed by atoms with E-state index in [2.05, 4.69) is 27.3 Å². The lowest BCUT2D eigenvalue weighted by Crippen LogP contribution is -2.35. The van der Waals surface area contributed by atoms with Gasteiger partial charge in [-0.25, -0.2) is 14.8 Å². The lowest BCUT2D eigenvalue weighted by Gasteiger charge is -2.27. The van der Waals surface area contributed by atoms with Crippen LogP contribution >= 0.6 is 11.3 Å². The molecule has 1 aliphatic heterocycles. The van der Waals surface area contributed by atoms with Crippen molar-refractivity contribution in [3.8, 4) is 11.3 Å². The normalized spacial score (nSPS) is 14.5. The molecule has 1 fully saturated rings. The number of nitrogens with one attached hydrogen (secondary N) is 1. The molecule has 1 N–H and O–H groups in total. The fourth-order valence-corrected chi connectivity index (χ4v) is 4.41. The number of carbonyl (C=O) groups is 1. The van der Waals surface area contributed by atoms with Crippen molar-refractivity contribution in [2.45, 2.75) is 39.8 Å². The Hall–Kier alpha value is -3.01. The maximum Gasteiger partial charge on any atom is 0.414 e. The van der Waals surface area contributed by atoms with Gasteiger partial charge in [0.1, 0.15) is 11.4 Å². The Morgan fingerprint density at radius 3 is 2.69 bits per heavy atom. The summed E-state index contributed by atoms with van der Waals surface area (Å²) in [5, 5.41) is 4.17. The lowest BCUT2D eigenvalue weighted by atomic mass is 10.1. The van der Waals surface area contributed by atoms with Crippen LogP contribution in [0.3, 0.4) is 0 Å². The van der Waals surface area contributed by atoms with Crippen LogP contribution in [0.1, 0.15) is 31.2 Å². The number of anilines is 3. The number of pyridine rings is 1. The molecule has 0 atom stereocenters. The SMILES string of the molecule is Cc1cnc(Nc2cc(CN3CCOCC3)cc(-c3cccc(N(C)C(=O)OC(C)(C)C)c3)n2)s1. The summed E-state index contributed by atoms with van der Waals surface area (Å²) in [5.41, 5.74) is 3.07. The van der Waals surface area contributed by atoms with E-state index in [1.165, 1.54) is 4.90 Å². The molecule has 2 aromatic heterocycles. The highest BCUT2D eigenvalue weighted by Crippen LogP contribution is 2.29. The number of nitrogens with zero attached hydrogens (tertiary/aromatic N) is 4. The van der Waals surface area contributed by atoms with Crippen LogP contribution in [0.2, 0.25) is 0 Å². The maximum atomic E-state index is 12.6. The van der Waals surface area contributed by atoms with Crippen LogP contribution in [0.5, 0.6) is 0 Å². The van der Waals surface area contributed by atoms with Gasteiger partial charge < -0.3 is 14.8 Å². The van der Waals surface area contributed by atoms with E-state index in [1.807, 2.05) is 58.2 Å². The summed E-state index contributed by atoms with van der Waals surface area (Å²) in [4.78, 5) is 26.9. The van der Waals surface area contributed by atoms with Crippen LogP contribution in [0, 0.1) is 6.92 Å². The molecule has 8 nitrogen and oxygen atoms in total. The lowest BCUT2D eigenvalue weighted by molar-refractivity contribution is 0.0342. The Kier molecular flexibility index (Phi) is 7.69. The first kappa shape index (κ1) is 25.1. The van der Waals surface area contributed by atoms with Crippen LogP contribution < -0.4 is 10.2 Å². The van der Waals surface area contributed by atoms with Crippen LogP contribution in [0.25, 0.3) is 11.3 Å². The van der Waals surface area contributed by atoms with Crippen molar-refractivity contribution in [3.05, 3.63) is 53.0 Å². The van der Waals surface area contributed by atoms with Crippen LogP contribution in [0.15, 0.2) is 42.6 Å². The molecular weight excluding hydrogens is 462 g/mol. The van der Waals surface area contributed by atoms with Gasteiger partial charge in [0, 0.05) is 49.0 Å². The molecule has 0 aliphatic carbocycles. The first-order valence-corrected chi connectivity index (χ1v) is 12.6. The van der Waals surface area contributed by atoms with Crippen LogP contribution in [-0.4, -0.2) is 59.9 Å². The quantitative estimate of drug-likeness (QED) is 0.486. The third-order valence-corrected chi connectivity index (χ3v) is 6.28. The molecule has 9 heteroatoms. The zero-order chi connectivity index (χ0) is 25.0. The topological polar surface area (TPSA) is 79.8 Å². The van der Waals surface area contributed by atoms with Crippen molar-refractivity contribution < 1.29 is 14.3 Å². The minimum atomic E-state index is -0.562. The van der Waals surface area contributed by atoms with E-state index in [0.29, 0.717) is 0 Å². The second-order valence-electron chi connectivity index (χ2n) is 9.63. The van der Waals surface area contributed by atoms with Gasteiger partial charge >= 0.3 is 6.09 Å². The monoisotopic (exact) mass is 495 g/mol. The van der Waals surface area contributed by atoms with Gasteiger partial charge in [0.25, 0.3) is 0 Å². The molecule has 0 unspecified atom stereocenters. The number of rotatable bonds is 6. The molecule has 3 heterocycles. The number of ether oxygens (including phenoxy) is 2. The molecular formula is C26H33N5O3S. The Balaban J connectivity index is 1.64. The second kappa shape index (κ2) is 10.7. The summed E-state index contributed by atoms with van der Waals surface area (Å²) in [5.74, 6) is 0.742. The molecule has 35 heavy (non-hydrogen) atoms. The number of morpholine rings is 1. The minimum absolute atomic E-state index is 0.398. The molecule has 1 aromatic carbocycles. The highest BCUT2D eigenvalue weighted by Gasteiger charge is 2.21. The van der Waals surface area contributed by atoms with Gasteiger partial charge in [-0.2, -0.15) is 0 Å². The second-order valence-corrected chi connectivity index (χ2v) is 10.9. The molecule has 0 bridgehead atoms. The first-order valence-electron chi connectivity index (χ1n) is 11.7. The fraction of sp³-hybridized carbons (Fsp3) is 0.423. The summed E-state index contributed by atoms with van der Waals surface area (Å²) in [6.07, 6.45) is 1.45. The van der Waals surface area contributed by atoms with Gasteiger partial charge in [0.15, 0.2) is 5.13 Å². The van der Waals surface area contributed by atoms with Gasteiger partial charge in [0.05, 0.1) is 18.9 Å². The van der Waals surface area contributed by atoms with E-state index in [0.717, 1.165) is 71.2 Å². The molecule has 186 valence electrons. The minimum Gasteiger partial charge on any atom is -0.443 e. The smallest absolute Gasteiger partial charge is 0.414 e. The number of aromatic nitrogens is 2. The molecule has 0 spiro atoms. The average molecular weight is 496 g/mol. The predicted octanol–water partition coefficient (Wildman–Crippen LogP) is 5.46. The highest BCUT2D eigenvalue weighted by molar-refractivity contribution is 7.15. The number of thiazole rings is 1. The number of carbonyl (C=O) groups excluding carboxylic acids is 1. The molecule has 0 radical (unpaired) electrons.